The van der Waals surface area contributed by atoms with Crippen LogP contribution in [0.2, 0.25) is 0 Å². The second kappa shape index (κ2) is 5.05. The first-order valence-corrected chi connectivity index (χ1v) is 6.52. The Morgan fingerprint density at radius 2 is 2.20 bits per heavy atom. The number of aliphatic hydroxyl groups excluding tert-OH is 1. The van der Waals surface area contributed by atoms with Crippen molar-refractivity contribution in [2.24, 2.45) is 0 Å². The van der Waals surface area contributed by atoms with Crippen molar-refractivity contribution in [2.75, 3.05) is 6.61 Å². The molecule has 0 saturated heterocycles. The SMILES string of the molecule is OCC1(NCc2cscn2)CCCCC1. The van der Waals surface area contributed by atoms with Gasteiger partial charge in [0.15, 0.2) is 0 Å². The molecule has 1 aromatic rings. The van der Waals surface area contributed by atoms with Crippen molar-refractivity contribution in [1.29, 1.82) is 0 Å². The first-order chi connectivity index (χ1) is 7.35. The summed E-state index contributed by atoms with van der Waals surface area (Å²) < 4.78 is 0. The summed E-state index contributed by atoms with van der Waals surface area (Å²) in [7, 11) is 0. The maximum Gasteiger partial charge on any atom is 0.0795 e. The molecule has 2 rings (SSSR count). The highest BCUT2D eigenvalue weighted by Crippen LogP contribution is 2.27. The zero-order valence-corrected chi connectivity index (χ0v) is 9.72. The van der Waals surface area contributed by atoms with Gasteiger partial charge in [-0.1, -0.05) is 19.3 Å². The lowest BCUT2D eigenvalue weighted by Crippen LogP contribution is -2.49. The zero-order valence-electron chi connectivity index (χ0n) is 8.91. The van der Waals surface area contributed by atoms with Crippen molar-refractivity contribution in [3.05, 3.63) is 16.6 Å². The van der Waals surface area contributed by atoms with Gasteiger partial charge in [0.25, 0.3) is 0 Å². The van der Waals surface area contributed by atoms with Gasteiger partial charge in [-0.25, -0.2) is 4.98 Å². The molecule has 0 amide bonds. The standard InChI is InChI=1S/C11H18N2OS/c14-8-11(4-2-1-3-5-11)13-6-10-7-15-9-12-10/h7,9,13-14H,1-6,8H2. The summed E-state index contributed by atoms with van der Waals surface area (Å²) in [4.78, 5) is 4.24. The predicted octanol–water partition coefficient (Wildman–Crippen LogP) is 1.93. The van der Waals surface area contributed by atoms with E-state index in [2.05, 4.69) is 15.7 Å². The largest absolute Gasteiger partial charge is 0.394 e. The van der Waals surface area contributed by atoms with Crippen LogP contribution in [0.4, 0.5) is 0 Å². The molecule has 0 bridgehead atoms. The van der Waals surface area contributed by atoms with Crippen LogP contribution in [0.5, 0.6) is 0 Å². The molecule has 1 fully saturated rings. The van der Waals surface area contributed by atoms with Crippen LogP contribution >= 0.6 is 11.3 Å². The summed E-state index contributed by atoms with van der Waals surface area (Å²) in [6.45, 7) is 1.03. The molecular formula is C11H18N2OS. The lowest BCUT2D eigenvalue weighted by Gasteiger charge is -2.36. The Morgan fingerprint density at radius 3 is 2.80 bits per heavy atom. The summed E-state index contributed by atoms with van der Waals surface area (Å²) in [5.41, 5.74) is 2.89. The van der Waals surface area contributed by atoms with Gasteiger partial charge < -0.3 is 10.4 Å². The van der Waals surface area contributed by atoms with Gasteiger partial charge in [-0.3, -0.25) is 0 Å². The number of rotatable bonds is 4. The van der Waals surface area contributed by atoms with Crippen LogP contribution < -0.4 is 5.32 Å². The summed E-state index contributed by atoms with van der Waals surface area (Å²) in [5.74, 6) is 0. The first kappa shape index (κ1) is 11.0. The fraction of sp³-hybridized carbons (Fsp3) is 0.727. The molecule has 0 radical (unpaired) electrons. The molecule has 0 atom stereocenters. The Kier molecular flexibility index (Phi) is 3.72. The van der Waals surface area contributed by atoms with E-state index in [0.717, 1.165) is 25.1 Å². The van der Waals surface area contributed by atoms with E-state index in [-0.39, 0.29) is 12.1 Å². The van der Waals surface area contributed by atoms with E-state index in [1.54, 1.807) is 11.3 Å². The molecule has 1 heterocycles. The Hall–Kier alpha value is -0.450. The smallest absolute Gasteiger partial charge is 0.0795 e. The molecule has 0 spiro atoms. The molecule has 84 valence electrons. The number of aliphatic hydroxyl groups is 1. The Bertz CT molecular complexity index is 281. The number of hydrogen-bond donors (Lipinski definition) is 2. The van der Waals surface area contributed by atoms with Gasteiger partial charge >= 0.3 is 0 Å². The maximum absolute atomic E-state index is 9.49. The number of nitrogens with zero attached hydrogens (tertiary/aromatic N) is 1. The van der Waals surface area contributed by atoms with Crippen LogP contribution in [0, 0.1) is 0 Å². The van der Waals surface area contributed by atoms with Gasteiger partial charge in [-0.15, -0.1) is 11.3 Å². The van der Waals surface area contributed by atoms with Gasteiger partial charge in [0.05, 0.1) is 17.8 Å². The number of thiazole rings is 1. The van der Waals surface area contributed by atoms with Gasteiger partial charge in [0, 0.05) is 17.5 Å². The van der Waals surface area contributed by atoms with E-state index in [9.17, 15) is 5.11 Å². The minimum atomic E-state index is -0.0398. The van der Waals surface area contributed by atoms with Crippen LogP contribution in [0.25, 0.3) is 0 Å². The molecule has 0 unspecified atom stereocenters. The summed E-state index contributed by atoms with van der Waals surface area (Å²) >= 11 is 1.62. The molecule has 0 aliphatic heterocycles. The van der Waals surface area contributed by atoms with Crippen molar-refractivity contribution in [2.45, 2.75) is 44.2 Å². The zero-order chi connectivity index (χ0) is 10.6. The van der Waals surface area contributed by atoms with E-state index in [1.807, 2.05) is 5.51 Å². The second-order valence-corrected chi connectivity index (χ2v) is 5.05. The summed E-state index contributed by atoms with van der Waals surface area (Å²) in [5, 5.41) is 15.0. The van der Waals surface area contributed by atoms with E-state index in [4.69, 9.17) is 0 Å². The van der Waals surface area contributed by atoms with Crippen molar-refractivity contribution in [3.63, 3.8) is 0 Å². The van der Waals surface area contributed by atoms with E-state index >= 15 is 0 Å². The van der Waals surface area contributed by atoms with Crippen LogP contribution in [-0.2, 0) is 6.54 Å². The van der Waals surface area contributed by atoms with Gasteiger partial charge in [0.2, 0.25) is 0 Å². The third kappa shape index (κ3) is 2.77. The van der Waals surface area contributed by atoms with Gasteiger partial charge in [-0.2, -0.15) is 0 Å². The topological polar surface area (TPSA) is 45.1 Å². The van der Waals surface area contributed by atoms with E-state index in [0.29, 0.717) is 0 Å². The average molecular weight is 226 g/mol. The molecule has 3 nitrogen and oxygen atoms in total. The molecule has 4 heteroatoms. The highest BCUT2D eigenvalue weighted by Gasteiger charge is 2.30. The van der Waals surface area contributed by atoms with Crippen molar-refractivity contribution in [3.8, 4) is 0 Å². The van der Waals surface area contributed by atoms with E-state index in [1.165, 1.54) is 19.3 Å². The highest BCUT2D eigenvalue weighted by molar-refractivity contribution is 7.07. The lowest BCUT2D eigenvalue weighted by atomic mass is 9.82. The monoisotopic (exact) mass is 226 g/mol. The van der Waals surface area contributed by atoms with Crippen molar-refractivity contribution >= 4 is 11.3 Å². The lowest BCUT2D eigenvalue weighted by molar-refractivity contribution is 0.119. The van der Waals surface area contributed by atoms with Crippen LogP contribution in [0.3, 0.4) is 0 Å². The van der Waals surface area contributed by atoms with E-state index < -0.39 is 0 Å². The fourth-order valence-corrected chi connectivity index (χ4v) is 2.78. The molecule has 0 aromatic carbocycles. The second-order valence-electron chi connectivity index (χ2n) is 4.33. The Morgan fingerprint density at radius 1 is 1.40 bits per heavy atom. The third-order valence-electron chi connectivity index (χ3n) is 3.24. The van der Waals surface area contributed by atoms with Crippen molar-refractivity contribution < 1.29 is 5.11 Å². The Balaban J connectivity index is 1.89. The van der Waals surface area contributed by atoms with Gasteiger partial charge in [-0.05, 0) is 12.8 Å². The maximum atomic E-state index is 9.49. The van der Waals surface area contributed by atoms with Crippen LogP contribution in [-0.4, -0.2) is 22.2 Å². The Labute approximate surface area is 94.5 Å². The molecule has 1 aliphatic carbocycles. The molecule has 1 aliphatic rings. The van der Waals surface area contributed by atoms with Crippen molar-refractivity contribution in [1.82, 2.24) is 10.3 Å². The molecule has 15 heavy (non-hydrogen) atoms. The molecule has 1 saturated carbocycles. The average Bonchev–Trinajstić information content (AvgIpc) is 2.81. The molecular weight excluding hydrogens is 208 g/mol. The third-order valence-corrected chi connectivity index (χ3v) is 3.88. The first-order valence-electron chi connectivity index (χ1n) is 5.58. The summed E-state index contributed by atoms with van der Waals surface area (Å²) in [6.07, 6.45) is 5.94. The number of hydrogen-bond acceptors (Lipinski definition) is 4. The predicted molar refractivity (Wildman–Crippen MR) is 61.9 cm³/mol. The number of aromatic nitrogens is 1. The molecule has 1 aromatic heterocycles. The molecule has 2 N–H and O–H groups in total. The normalized spacial score (nSPS) is 20.3. The highest BCUT2D eigenvalue weighted by atomic mass is 32.1. The summed E-state index contributed by atoms with van der Waals surface area (Å²) in [6, 6.07) is 0. The minimum Gasteiger partial charge on any atom is -0.394 e. The van der Waals surface area contributed by atoms with Crippen LogP contribution in [0.15, 0.2) is 10.9 Å². The quantitative estimate of drug-likeness (QED) is 0.824. The fourth-order valence-electron chi connectivity index (χ4n) is 2.22. The number of nitrogens with one attached hydrogen (secondary N) is 1. The van der Waals surface area contributed by atoms with Gasteiger partial charge in [0.1, 0.15) is 0 Å². The van der Waals surface area contributed by atoms with Crippen LogP contribution in [0.1, 0.15) is 37.8 Å². The minimum absolute atomic E-state index is 0.0398.